The van der Waals surface area contributed by atoms with E-state index in [1.807, 2.05) is 0 Å². The lowest BCUT2D eigenvalue weighted by molar-refractivity contribution is -0.150. The average Bonchev–Trinajstić information content (AvgIpc) is 2.64. The highest BCUT2D eigenvalue weighted by molar-refractivity contribution is 5.91. The van der Waals surface area contributed by atoms with Crippen LogP contribution in [0.2, 0.25) is 0 Å². The third-order valence-electron chi connectivity index (χ3n) is 2.81. The van der Waals surface area contributed by atoms with Crippen LogP contribution in [0.25, 0.3) is 0 Å². The lowest BCUT2D eigenvalue weighted by Crippen LogP contribution is -2.45. The van der Waals surface area contributed by atoms with Gasteiger partial charge in [-0.2, -0.15) is 0 Å². The number of likely N-dealkylation sites (N-methyl/N-ethyl adjacent to an activating group) is 1. The van der Waals surface area contributed by atoms with Gasteiger partial charge in [-0.1, -0.05) is 6.92 Å². The molecule has 0 bridgehead atoms. The first-order valence-corrected chi connectivity index (χ1v) is 5.23. The number of carbonyl (C=O) groups excluding carboxylic acids is 2. The number of rotatable bonds is 4. The summed E-state index contributed by atoms with van der Waals surface area (Å²) < 4.78 is 0. The molecule has 2 amide bonds. The Morgan fingerprint density at radius 3 is 2.62 bits per heavy atom. The molecule has 1 aliphatic rings. The topological polar surface area (TPSA) is 86.7 Å². The predicted molar refractivity (Wildman–Crippen MR) is 55.6 cm³/mol. The average molecular weight is 228 g/mol. The Labute approximate surface area is 93.6 Å². The van der Waals surface area contributed by atoms with Crippen molar-refractivity contribution >= 4 is 17.8 Å². The van der Waals surface area contributed by atoms with Crippen molar-refractivity contribution in [3.05, 3.63) is 0 Å². The first-order valence-electron chi connectivity index (χ1n) is 5.23. The number of nitrogens with zero attached hydrogens (tertiary/aromatic N) is 1. The summed E-state index contributed by atoms with van der Waals surface area (Å²) in [4.78, 5) is 34.9. The van der Waals surface area contributed by atoms with E-state index in [1.54, 1.807) is 6.92 Å². The number of carboxylic acid groups (broad SMARTS) is 1. The van der Waals surface area contributed by atoms with E-state index in [0.29, 0.717) is 13.0 Å². The summed E-state index contributed by atoms with van der Waals surface area (Å²) in [5.74, 6) is -1.88. The van der Waals surface area contributed by atoms with Crippen molar-refractivity contribution in [2.45, 2.75) is 25.8 Å². The molecule has 2 N–H and O–H groups in total. The third-order valence-corrected chi connectivity index (χ3v) is 2.81. The minimum atomic E-state index is -1.02. The molecule has 6 heteroatoms. The Balaban J connectivity index is 2.65. The van der Waals surface area contributed by atoms with Crippen LogP contribution < -0.4 is 5.32 Å². The van der Waals surface area contributed by atoms with Gasteiger partial charge in [-0.15, -0.1) is 0 Å². The van der Waals surface area contributed by atoms with Crippen molar-refractivity contribution in [1.82, 2.24) is 10.2 Å². The Morgan fingerprint density at radius 2 is 2.25 bits per heavy atom. The lowest BCUT2D eigenvalue weighted by Gasteiger charge is -2.25. The standard InChI is InChI=1S/C10H16N2O4/c1-3-7(10(15)16)12(2)9(14)6-4-8(13)11-5-6/h6-7H,3-5H2,1-2H3,(H,11,13)(H,15,16). The van der Waals surface area contributed by atoms with Gasteiger partial charge in [-0.25, -0.2) is 4.79 Å². The fourth-order valence-electron chi connectivity index (χ4n) is 1.84. The summed E-state index contributed by atoms with van der Waals surface area (Å²) in [7, 11) is 1.47. The molecule has 0 aliphatic carbocycles. The molecule has 2 atom stereocenters. The lowest BCUT2D eigenvalue weighted by atomic mass is 10.1. The number of carbonyl (C=O) groups is 3. The molecule has 0 aromatic carbocycles. The van der Waals surface area contributed by atoms with Gasteiger partial charge in [0.05, 0.1) is 5.92 Å². The number of hydrogen-bond donors (Lipinski definition) is 2. The van der Waals surface area contributed by atoms with E-state index in [2.05, 4.69) is 5.32 Å². The molecule has 1 saturated heterocycles. The number of aliphatic carboxylic acids is 1. The first-order chi connectivity index (χ1) is 7.47. The van der Waals surface area contributed by atoms with Gasteiger partial charge in [0.25, 0.3) is 0 Å². The van der Waals surface area contributed by atoms with Crippen molar-refractivity contribution in [3.8, 4) is 0 Å². The van der Waals surface area contributed by atoms with Crippen LogP contribution in [0.1, 0.15) is 19.8 Å². The first kappa shape index (κ1) is 12.5. The van der Waals surface area contributed by atoms with Crippen LogP contribution in [0.4, 0.5) is 0 Å². The molecule has 16 heavy (non-hydrogen) atoms. The maximum absolute atomic E-state index is 11.9. The Morgan fingerprint density at radius 1 is 1.62 bits per heavy atom. The molecular weight excluding hydrogens is 212 g/mol. The minimum absolute atomic E-state index is 0.152. The summed E-state index contributed by atoms with van der Waals surface area (Å²) in [6.45, 7) is 2.01. The highest BCUT2D eigenvalue weighted by atomic mass is 16.4. The SMILES string of the molecule is CCC(C(=O)O)N(C)C(=O)C1CNC(=O)C1. The van der Waals surface area contributed by atoms with Crippen molar-refractivity contribution in [3.63, 3.8) is 0 Å². The molecule has 1 aliphatic heterocycles. The normalized spacial score (nSPS) is 21.4. The van der Waals surface area contributed by atoms with E-state index in [-0.39, 0.29) is 18.2 Å². The van der Waals surface area contributed by atoms with Gasteiger partial charge in [0.1, 0.15) is 6.04 Å². The van der Waals surface area contributed by atoms with Crippen LogP contribution >= 0.6 is 0 Å². The van der Waals surface area contributed by atoms with E-state index < -0.39 is 17.9 Å². The molecule has 1 heterocycles. The van der Waals surface area contributed by atoms with Crippen LogP contribution in [0, 0.1) is 5.92 Å². The van der Waals surface area contributed by atoms with Gasteiger partial charge < -0.3 is 15.3 Å². The zero-order valence-electron chi connectivity index (χ0n) is 9.40. The van der Waals surface area contributed by atoms with Crippen molar-refractivity contribution < 1.29 is 19.5 Å². The van der Waals surface area contributed by atoms with Crippen molar-refractivity contribution in [2.75, 3.05) is 13.6 Å². The molecule has 0 aromatic heterocycles. The molecule has 1 fully saturated rings. The van der Waals surface area contributed by atoms with Gasteiger partial charge in [0.15, 0.2) is 0 Å². The molecular formula is C10H16N2O4. The van der Waals surface area contributed by atoms with Crippen molar-refractivity contribution in [1.29, 1.82) is 0 Å². The second-order valence-electron chi connectivity index (χ2n) is 3.92. The van der Waals surface area contributed by atoms with Gasteiger partial charge in [-0.3, -0.25) is 9.59 Å². The molecule has 0 saturated carbocycles. The van der Waals surface area contributed by atoms with Crippen LogP contribution in [0.15, 0.2) is 0 Å². The molecule has 2 unspecified atom stereocenters. The van der Waals surface area contributed by atoms with E-state index in [0.717, 1.165) is 0 Å². The largest absolute Gasteiger partial charge is 0.480 e. The van der Waals surface area contributed by atoms with Gasteiger partial charge in [0.2, 0.25) is 11.8 Å². The van der Waals surface area contributed by atoms with Gasteiger partial charge >= 0.3 is 5.97 Å². The quantitative estimate of drug-likeness (QED) is 0.675. The summed E-state index contributed by atoms with van der Waals surface area (Å²) in [6.07, 6.45) is 0.505. The van der Waals surface area contributed by atoms with Crippen LogP contribution in [0.5, 0.6) is 0 Å². The fourth-order valence-corrected chi connectivity index (χ4v) is 1.84. The molecule has 6 nitrogen and oxygen atoms in total. The number of amides is 2. The zero-order chi connectivity index (χ0) is 12.3. The highest BCUT2D eigenvalue weighted by Crippen LogP contribution is 2.14. The summed E-state index contributed by atoms with van der Waals surface area (Å²) in [6, 6.07) is -0.816. The molecule has 0 spiro atoms. The minimum Gasteiger partial charge on any atom is -0.480 e. The van der Waals surface area contributed by atoms with E-state index in [1.165, 1.54) is 11.9 Å². The van der Waals surface area contributed by atoms with E-state index in [4.69, 9.17) is 5.11 Å². The molecule has 90 valence electrons. The molecule has 0 radical (unpaired) electrons. The number of nitrogens with one attached hydrogen (secondary N) is 1. The van der Waals surface area contributed by atoms with E-state index >= 15 is 0 Å². The summed E-state index contributed by atoms with van der Waals surface area (Å²) >= 11 is 0. The summed E-state index contributed by atoms with van der Waals surface area (Å²) in [5, 5.41) is 11.5. The third kappa shape index (κ3) is 2.50. The second-order valence-corrected chi connectivity index (χ2v) is 3.92. The van der Waals surface area contributed by atoms with E-state index in [9.17, 15) is 14.4 Å². The zero-order valence-corrected chi connectivity index (χ0v) is 9.40. The second kappa shape index (κ2) is 4.96. The number of carboxylic acids is 1. The van der Waals surface area contributed by atoms with Crippen LogP contribution in [0.3, 0.4) is 0 Å². The van der Waals surface area contributed by atoms with Crippen molar-refractivity contribution in [2.24, 2.45) is 5.92 Å². The maximum Gasteiger partial charge on any atom is 0.326 e. The maximum atomic E-state index is 11.9. The Hall–Kier alpha value is -1.59. The van der Waals surface area contributed by atoms with Gasteiger partial charge in [-0.05, 0) is 6.42 Å². The molecule has 1 rings (SSSR count). The van der Waals surface area contributed by atoms with Gasteiger partial charge in [0, 0.05) is 20.0 Å². The monoisotopic (exact) mass is 228 g/mol. The van der Waals surface area contributed by atoms with Crippen LogP contribution in [-0.2, 0) is 14.4 Å². The smallest absolute Gasteiger partial charge is 0.326 e. The predicted octanol–water partition coefficient (Wildman–Crippen LogP) is -0.556. The number of hydrogen-bond acceptors (Lipinski definition) is 3. The Kier molecular flexibility index (Phi) is 3.87. The fraction of sp³-hybridized carbons (Fsp3) is 0.700. The highest BCUT2D eigenvalue weighted by Gasteiger charge is 2.34. The summed E-state index contributed by atoms with van der Waals surface area (Å²) in [5.41, 5.74) is 0. The van der Waals surface area contributed by atoms with Crippen LogP contribution in [-0.4, -0.2) is 47.4 Å². The molecule has 0 aromatic rings. The Bertz CT molecular complexity index is 316.